The molecular formula is C17H22N2O. The van der Waals surface area contributed by atoms with Crippen LogP contribution in [0.2, 0.25) is 0 Å². The highest BCUT2D eigenvalue weighted by atomic mass is 16.5. The smallest absolute Gasteiger partial charge is 0.213 e. The SMILES string of the molecule is CCCNC(Cc1cccc(OC)n1)c1ccccc1. The predicted molar refractivity (Wildman–Crippen MR) is 82.0 cm³/mol. The largest absolute Gasteiger partial charge is 0.481 e. The van der Waals surface area contributed by atoms with E-state index in [2.05, 4.69) is 41.5 Å². The van der Waals surface area contributed by atoms with Crippen LogP contribution in [-0.4, -0.2) is 18.6 Å². The van der Waals surface area contributed by atoms with Gasteiger partial charge in [-0.2, -0.15) is 0 Å². The van der Waals surface area contributed by atoms with E-state index < -0.39 is 0 Å². The summed E-state index contributed by atoms with van der Waals surface area (Å²) in [7, 11) is 1.65. The number of nitrogens with one attached hydrogen (secondary N) is 1. The molecule has 0 amide bonds. The lowest BCUT2D eigenvalue weighted by molar-refractivity contribution is 0.395. The minimum atomic E-state index is 0.288. The number of hydrogen-bond donors (Lipinski definition) is 1. The van der Waals surface area contributed by atoms with E-state index in [1.54, 1.807) is 7.11 Å². The van der Waals surface area contributed by atoms with Crippen LogP contribution >= 0.6 is 0 Å². The summed E-state index contributed by atoms with van der Waals surface area (Å²) in [6.07, 6.45) is 1.98. The Morgan fingerprint density at radius 2 is 1.90 bits per heavy atom. The molecule has 106 valence electrons. The maximum atomic E-state index is 5.19. The van der Waals surface area contributed by atoms with Gasteiger partial charge in [0.05, 0.1) is 7.11 Å². The number of nitrogens with zero attached hydrogens (tertiary/aromatic N) is 1. The van der Waals surface area contributed by atoms with Gasteiger partial charge in [0.1, 0.15) is 0 Å². The number of pyridine rings is 1. The standard InChI is InChI=1S/C17H22N2O/c1-3-12-18-16(14-8-5-4-6-9-14)13-15-10-7-11-17(19-15)20-2/h4-11,16,18H,3,12-13H2,1-2H3. The molecule has 0 aliphatic carbocycles. The van der Waals surface area contributed by atoms with Crippen molar-refractivity contribution < 1.29 is 4.74 Å². The predicted octanol–water partition coefficient (Wildman–Crippen LogP) is 3.37. The average Bonchev–Trinajstić information content (AvgIpc) is 2.52. The first kappa shape index (κ1) is 14.5. The second kappa shape index (κ2) is 7.65. The first-order chi connectivity index (χ1) is 9.83. The molecule has 3 heteroatoms. The molecule has 0 aliphatic heterocycles. The molecule has 1 aromatic heterocycles. The molecule has 20 heavy (non-hydrogen) atoms. The fourth-order valence-corrected chi connectivity index (χ4v) is 2.21. The summed E-state index contributed by atoms with van der Waals surface area (Å²) in [5.74, 6) is 0.671. The van der Waals surface area contributed by atoms with Crippen LogP contribution in [0, 0.1) is 0 Å². The van der Waals surface area contributed by atoms with Crippen LogP contribution in [0.25, 0.3) is 0 Å². The van der Waals surface area contributed by atoms with Crippen molar-refractivity contribution in [2.24, 2.45) is 0 Å². The van der Waals surface area contributed by atoms with Gasteiger partial charge in [-0.1, -0.05) is 43.3 Å². The molecule has 0 saturated heterocycles. The minimum absolute atomic E-state index is 0.288. The molecule has 0 radical (unpaired) electrons. The van der Waals surface area contributed by atoms with Crippen molar-refractivity contribution in [3.05, 3.63) is 59.8 Å². The van der Waals surface area contributed by atoms with Crippen LogP contribution in [-0.2, 0) is 6.42 Å². The van der Waals surface area contributed by atoms with E-state index >= 15 is 0 Å². The third-order valence-corrected chi connectivity index (χ3v) is 3.25. The molecule has 2 rings (SSSR count). The normalized spacial score (nSPS) is 12.1. The zero-order valence-electron chi connectivity index (χ0n) is 12.2. The molecule has 0 spiro atoms. The monoisotopic (exact) mass is 270 g/mol. The van der Waals surface area contributed by atoms with Crippen molar-refractivity contribution in [1.82, 2.24) is 10.3 Å². The van der Waals surface area contributed by atoms with Crippen molar-refractivity contribution in [3.8, 4) is 5.88 Å². The van der Waals surface area contributed by atoms with E-state index in [0.717, 1.165) is 25.1 Å². The number of hydrogen-bond acceptors (Lipinski definition) is 3. The molecule has 0 fully saturated rings. The number of benzene rings is 1. The molecular weight excluding hydrogens is 248 g/mol. The third kappa shape index (κ3) is 4.07. The van der Waals surface area contributed by atoms with Crippen LogP contribution in [0.5, 0.6) is 5.88 Å². The Morgan fingerprint density at radius 3 is 2.60 bits per heavy atom. The Bertz CT molecular complexity index is 513. The molecule has 1 unspecified atom stereocenters. The average molecular weight is 270 g/mol. The van der Waals surface area contributed by atoms with E-state index in [1.165, 1.54) is 5.56 Å². The maximum absolute atomic E-state index is 5.19. The lowest BCUT2D eigenvalue weighted by Crippen LogP contribution is -2.24. The van der Waals surface area contributed by atoms with Crippen LogP contribution in [0.4, 0.5) is 0 Å². The highest BCUT2D eigenvalue weighted by Crippen LogP contribution is 2.18. The van der Waals surface area contributed by atoms with E-state index in [9.17, 15) is 0 Å². The van der Waals surface area contributed by atoms with Crippen molar-refractivity contribution in [2.75, 3.05) is 13.7 Å². The molecule has 1 heterocycles. The second-order valence-electron chi connectivity index (χ2n) is 4.79. The fourth-order valence-electron chi connectivity index (χ4n) is 2.21. The van der Waals surface area contributed by atoms with Gasteiger partial charge in [0.2, 0.25) is 5.88 Å². The first-order valence-electron chi connectivity index (χ1n) is 7.11. The van der Waals surface area contributed by atoms with E-state index in [4.69, 9.17) is 4.74 Å². The van der Waals surface area contributed by atoms with Crippen LogP contribution in [0.3, 0.4) is 0 Å². The number of methoxy groups -OCH3 is 1. The summed E-state index contributed by atoms with van der Waals surface area (Å²) in [5.41, 5.74) is 2.34. The third-order valence-electron chi connectivity index (χ3n) is 3.25. The maximum Gasteiger partial charge on any atom is 0.213 e. The van der Waals surface area contributed by atoms with Gasteiger partial charge in [0, 0.05) is 24.2 Å². The molecule has 1 aromatic carbocycles. The molecule has 0 saturated carbocycles. The van der Waals surface area contributed by atoms with Gasteiger partial charge in [0.15, 0.2) is 0 Å². The van der Waals surface area contributed by atoms with Crippen molar-refractivity contribution >= 4 is 0 Å². The summed E-state index contributed by atoms with van der Waals surface area (Å²) >= 11 is 0. The Hall–Kier alpha value is -1.87. The lowest BCUT2D eigenvalue weighted by atomic mass is 10.0. The van der Waals surface area contributed by atoms with Gasteiger partial charge >= 0.3 is 0 Å². The van der Waals surface area contributed by atoms with Crippen molar-refractivity contribution in [3.63, 3.8) is 0 Å². The van der Waals surface area contributed by atoms with E-state index in [1.807, 2.05) is 24.3 Å². The summed E-state index contributed by atoms with van der Waals surface area (Å²) < 4.78 is 5.19. The lowest BCUT2D eigenvalue weighted by Gasteiger charge is -2.19. The number of ether oxygens (including phenoxy) is 1. The molecule has 0 bridgehead atoms. The van der Waals surface area contributed by atoms with Crippen LogP contribution in [0.1, 0.15) is 30.6 Å². The Kier molecular flexibility index (Phi) is 5.56. The summed E-state index contributed by atoms with van der Waals surface area (Å²) in [5, 5.41) is 3.59. The first-order valence-corrected chi connectivity index (χ1v) is 7.11. The van der Waals surface area contributed by atoms with Crippen LogP contribution < -0.4 is 10.1 Å². The highest BCUT2D eigenvalue weighted by molar-refractivity contribution is 5.23. The van der Waals surface area contributed by atoms with Gasteiger partial charge in [-0.3, -0.25) is 0 Å². The topological polar surface area (TPSA) is 34.1 Å². The highest BCUT2D eigenvalue weighted by Gasteiger charge is 2.12. The molecule has 3 nitrogen and oxygen atoms in total. The van der Waals surface area contributed by atoms with Gasteiger partial charge in [-0.15, -0.1) is 0 Å². The van der Waals surface area contributed by atoms with Gasteiger partial charge in [0.25, 0.3) is 0 Å². The van der Waals surface area contributed by atoms with Crippen molar-refractivity contribution in [1.29, 1.82) is 0 Å². The van der Waals surface area contributed by atoms with Gasteiger partial charge in [-0.25, -0.2) is 4.98 Å². The quantitative estimate of drug-likeness (QED) is 0.837. The molecule has 2 aromatic rings. The number of rotatable bonds is 7. The van der Waals surface area contributed by atoms with E-state index in [0.29, 0.717) is 5.88 Å². The zero-order chi connectivity index (χ0) is 14.2. The van der Waals surface area contributed by atoms with Crippen LogP contribution in [0.15, 0.2) is 48.5 Å². The Labute approximate surface area is 121 Å². The fraction of sp³-hybridized carbons (Fsp3) is 0.353. The number of aromatic nitrogens is 1. The minimum Gasteiger partial charge on any atom is -0.481 e. The second-order valence-corrected chi connectivity index (χ2v) is 4.79. The Morgan fingerprint density at radius 1 is 1.10 bits per heavy atom. The summed E-state index contributed by atoms with van der Waals surface area (Å²) in [6.45, 7) is 3.18. The zero-order valence-corrected chi connectivity index (χ0v) is 12.2. The molecule has 1 atom stereocenters. The van der Waals surface area contributed by atoms with Gasteiger partial charge in [-0.05, 0) is 24.6 Å². The van der Waals surface area contributed by atoms with E-state index in [-0.39, 0.29) is 6.04 Å². The molecule has 1 N–H and O–H groups in total. The summed E-state index contributed by atoms with van der Waals surface area (Å²) in [6, 6.07) is 16.7. The Balaban J connectivity index is 2.14. The van der Waals surface area contributed by atoms with Gasteiger partial charge < -0.3 is 10.1 Å². The molecule has 0 aliphatic rings. The summed E-state index contributed by atoms with van der Waals surface area (Å²) in [4.78, 5) is 4.50. The van der Waals surface area contributed by atoms with Crippen molar-refractivity contribution in [2.45, 2.75) is 25.8 Å².